The third kappa shape index (κ3) is 4.22. The van der Waals surface area contributed by atoms with Gasteiger partial charge in [-0.2, -0.15) is 5.26 Å². The molecule has 0 unspecified atom stereocenters. The molecule has 142 valence electrons. The Bertz CT molecular complexity index is 1080. The molecule has 0 atom stereocenters. The maximum Gasteiger partial charge on any atom is 0.161 e. The fraction of sp³-hybridized carbons (Fsp3) is 0.100. The lowest BCUT2D eigenvalue weighted by atomic mass is 10.1. The molecule has 3 aromatic rings. The minimum Gasteiger partial charge on any atom is -0.506 e. The lowest BCUT2D eigenvalue weighted by molar-refractivity contribution is 0.355. The molecule has 1 N–H and O–H groups in total. The first-order chi connectivity index (χ1) is 13.5. The second-order valence-electron chi connectivity index (χ2n) is 5.61. The second kappa shape index (κ2) is 8.78. The summed E-state index contributed by atoms with van der Waals surface area (Å²) in [4.78, 5) is 4.60. The predicted octanol–water partition coefficient (Wildman–Crippen LogP) is 6.12. The van der Waals surface area contributed by atoms with E-state index in [4.69, 9.17) is 9.47 Å². The van der Waals surface area contributed by atoms with Crippen molar-refractivity contribution in [3.05, 3.63) is 55.2 Å². The summed E-state index contributed by atoms with van der Waals surface area (Å²) in [6.45, 7) is 0. The molecule has 0 bridgehead atoms. The van der Waals surface area contributed by atoms with Crippen molar-refractivity contribution in [2.24, 2.45) is 0 Å². The van der Waals surface area contributed by atoms with Crippen LogP contribution in [-0.2, 0) is 0 Å². The third-order valence-corrected chi connectivity index (χ3v) is 5.97. The molecule has 0 aliphatic rings. The van der Waals surface area contributed by atoms with Gasteiger partial charge in [0.2, 0.25) is 0 Å². The summed E-state index contributed by atoms with van der Waals surface area (Å²) in [6, 6.07) is 11.2. The molecule has 0 radical (unpaired) electrons. The van der Waals surface area contributed by atoms with Gasteiger partial charge < -0.3 is 14.6 Å². The molecule has 8 heteroatoms. The zero-order valence-corrected chi connectivity index (χ0v) is 18.9. The third-order valence-electron chi connectivity index (χ3n) is 3.88. The molecular weight excluding hydrogens is 508 g/mol. The van der Waals surface area contributed by atoms with Gasteiger partial charge in [0.25, 0.3) is 0 Å². The van der Waals surface area contributed by atoms with Crippen LogP contribution in [0.2, 0.25) is 0 Å². The average Bonchev–Trinajstić information content (AvgIpc) is 3.19. The van der Waals surface area contributed by atoms with E-state index in [1.807, 2.05) is 23.6 Å². The van der Waals surface area contributed by atoms with Crippen molar-refractivity contribution in [3.63, 3.8) is 0 Å². The largest absolute Gasteiger partial charge is 0.506 e. The molecule has 0 saturated carbocycles. The number of rotatable bonds is 5. The fourth-order valence-electron chi connectivity index (χ4n) is 2.50. The van der Waals surface area contributed by atoms with E-state index in [2.05, 4.69) is 42.9 Å². The molecule has 0 aliphatic heterocycles. The Labute approximate surface area is 183 Å². The molecule has 0 fully saturated rings. The molecule has 0 saturated heterocycles. The van der Waals surface area contributed by atoms with Crippen LogP contribution < -0.4 is 9.47 Å². The van der Waals surface area contributed by atoms with Crippen molar-refractivity contribution in [2.75, 3.05) is 14.2 Å². The van der Waals surface area contributed by atoms with Crippen LogP contribution >= 0.6 is 43.2 Å². The second-order valence-corrected chi connectivity index (χ2v) is 8.18. The maximum absolute atomic E-state index is 9.84. The Kier molecular flexibility index (Phi) is 6.39. The van der Waals surface area contributed by atoms with Gasteiger partial charge in [-0.1, -0.05) is 0 Å². The van der Waals surface area contributed by atoms with Gasteiger partial charge in [-0.25, -0.2) is 4.98 Å². The molecular formula is C20H14Br2N2O3S. The molecule has 0 spiro atoms. The minimum absolute atomic E-state index is 0.112. The Hall–Kier alpha value is -2.34. The topological polar surface area (TPSA) is 75.4 Å². The van der Waals surface area contributed by atoms with E-state index in [0.29, 0.717) is 31.0 Å². The number of methoxy groups -OCH3 is 2. The normalized spacial score (nSPS) is 11.2. The summed E-state index contributed by atoms with van der Waals surface area (Å²) >= 11 is 7.98. The smallest absolute Gasteiger partial charge is 0.161 e. The molecule has 5 nitrogen and oxygen atoms in total. The van der Waals surface area contributed by atoms with Gasteiger partial charge in [0.1, 0.15) is 16.8 Å². The number of phenols is 1. The Morgan fingerprint density at radius 1 is 1.14 bits per heavy atom. The summed E-state index contributed by atoms with van der Waals surface area (Å²) in [5.74, 6) is 1.37. The van der Waals surface area contributed by atoms with Crippen molar-refractivity contribution in [2.45, 2.75) is 0 Å². The first-order valence-electron chi connectivity index (χ1n) is 7.95. The van der Waals surface area contributed by atoms with Gasteiger partial charge in [-0.05, 0) is 73.8 Å². The van der Waals surface area contributed by atoms with E-state index in [-0.39, 0.29) is 5.75 Å². The molecule has 3 rings (SSSR count). The van der Waals surface area contributed by atoms with E-state index in [1.54, 1.807) is 32.4 Å². The first-order valence-corrected chi connectivity index (χ1v) is 10.4. The number of thiazole rings is 1. The molecule has 0 aliphatic carbocycles. The maximum atomic E-state index is 9.84. The number of nitriles is 1. The van der Waals surface area contributed by atoms with Gasteiger partial charge >= 0.3 is 0 Å². The Morgan fingerprint density at radius 2 is 1.82 bits per heavy atom. The Balaban J connectivity index is 1.97. The molecule has 28 heavy (non-hydrogen) atoms. The summed E-state index contributed by atoms with van der Waals surface area (Å²) in [5, 5.41) is 21.9. The van der Waals surface area contributed by atoms with Crippen LogP contribution in [0.3, 0.4) is 0 Å². The monoisotopic (exact) mass is 520 g/mol. The van der Waals surface area contributed by atoms with Crippen molar-refractivity contribution in [1.82, 2.24) is 4.98 Å². The lowest BCUT2D eigenvalue weighted by Crippen LogP contribution is -1.91. The number of halogens is 2. The van der Waals surface area contributed by atoms with E-state index in [1.165, 1.54) is 11.3 Å². The van der Waals surface area contributed by atoms with Crippen LogP contribution in [0.4, 0.5) is 0 Å². The zero-order valence-electron chi connectivity index (χ0n) is 14.9. The first kappa shape index (κ1) is 20.4. The standard InChI is InChI=1S/C20H14Br2N2O3S/c1-26-17-4-3-12(8-18(17)27-2)16-10-28-20(24-16)13(9-23)5-11-6-14(21)19(25)15(22)7-11/h3-8,10,25H,1-2H3/b13-5+. The number of benzene rings is 2. The Morgan fingerprint density at radius 3 is 2.43 bits per heavy atom. The summed E-state index contributed by atoms with van der Waals surface area (Å²) in [6.07, 6.45) is 1.73. The van der Waals surface area contributed by atoms with Gasteiger partial charge in [-0.3, -0.25) is 0 Å². The highest BCUT2D eigenvalue weighted by Crippen LogP contribution is 2.36. The van der Waals surface area contributed by atoms with E-state index in [0.717, 1.165) is 16.8 Å². The summed E-state index contributed by atoms with van der Waals surface area (Å²) in [7, 11) is 3.17. The van der Waals surface area contributed by atoms with Crippen LogP contribution in [0.25, 0.3) is 22.9 Å². The number of allylic oxidation sites excluding steroid dienone is 1. The molecule has 2 aromatic carbocycles. The highest BCUT2D eigenvalue weighted by atomic mass is 79.9. The van der Waals surface area contributed by atoms with Crippen molar-refractivity contribution < 1.29 is 14.6 Å². The number of hydrogen-bond acceptors (Lipinski definition) is 6. The predicted molar refractivity (Wildman–Crippen MR) is 118 cm³/mol. The number of aromatic hydroxyl groups is 1. The number of phenolic OH excluding ortho intramolecular Hbond substituents is 1. The lowest BCUT2D eigenvalue weighted by Gasteiger charge is -2.08. The summed E-state index contributed by atoms with van der Waals surface area (Å²) in [5.41, 5.74) is 2.81. The minimum atomic E-state index is 0.112. The summed E-state index contributed by atoms with van der Waals surface area (Å²) < 4.78 is 11.7. The van der Waals surface area contributed by atoms with E-state index in [9.17, 15) is 10.4 Å². The van der Waals surface area contributed by atoms with Gasteiger partial charge in [0.05, 0.1) is 34.4 Å². The SMILES string of the molecule is COc1ccc(-c2csc(/C(C#N)=C/c3cc(Br)c(O)c(Br)c3)n2)cc1OC. The van der Waals surface area contributed by atoms with Gasteiger partial charge in [-0.15, -0.1) is 11.3 Å². The van der Waals surface area contributed by atoms with Gasteiger partial charge in [0.15, 0.2) is 11.5 Å². The van der Waals surface area contributed by atoms with Crippen molar-refractivity contribution >= 4 is 54.8 Å². The van der Waals surface area contributed by atoms with E-state index >= 15 is 0 Å². The van der Waals surface area contributed by atoms with Crippen molar-refractivity contribution in [3.8, 4) is 34.6 Å². The average molecular weight is 522 g/mol. The molecule has 1 heterocycles. The quantitative estimate of drug-likeness (QED) is 0.409. The number of nitrogens with zero attached hydrogens (tertiary/aromatic N) is 2. The highest BCUT2D eigenvalue weighted by Gasteiger charge is 2.13. The zero-order chi connectivity index (χ0) is 20.3. The van der Waals surface area contributed by atoms with Crippen LogP contribution in [0.5, 0.6) is 17.2 Å². The number of hydrogen-bond donors (Lipinski definition) is 1. The number of aromatic nitrogens is 1. The fourth-order valence-corrected chi connectivity index (χ4v) is 4.52. The van der Waals surface area contributed by atoms with Gasteiger partial charge in [0, 0.05) is 10.9 Å². The number of ether oxygens (including phenoxy) is 2. The molecule has 0 amide bonds. The van der Waals surface area contributed by atoms with Crippen LogP contribution in [0.1, 0.15) is 10.6 Å². The van der Waals surface area contributed by atoms with Crippen molar-refractivity contribution in [1.29, 1.82) is 5.26 Å². The van der Waals surface area contributed by atoms with E-state index < -0.39 is 0 Å². The van der Waals surface area contributed by atoms with Crippen LogP contribution in [0, 0.1) is 11.3 Å². The molecule has 1 aromatic heterocycles. The highest BCUT2D eigenvalue weighted by molar-refractivity contribution is 9.11. The van der Waals surface area contributed by atoms with Crippen LogP contribution in [-0.4, -0.2) is 24.3 Å². The van der Waals surface area contributed by atoms with Crippen LogP contribution in [0.15, 0.2) is 44.7 Å².